The lowest BCUT2D eigenvalue weighted by Crippen LogP contribution is -2.29. The minimum atomic E-state index is -3.85. The highest BCUT2D eigenvalue weighted by Gasteiger charge is 2.35. The van der Waals surface area contributed by atoms with Gasteiger partial charge in [-0.2, -0.15) is 0 Å². The number of methoxy groups -OCH3 is 1. The summed E-state index contributed by atoms with van der Waals surface area (Å²) >= 11 is 0. The van der Waals surface area contributed by atoms with Crippen LogP contribution in [0.15, 0.2) is 47.4 Å². The molecule has 0 spiro atoms. The van der Waals surface area contributed by atoms with E-state index in [4.69, 9.17) is 4.74 Å². The summed E-state index contributed by atoms with van der Waals surface area (Å²) in [6.07, 6.45) is 0. The molecule has 0 aromatic heterocycles. The van der Waals surface area contributed by atoms with Crippen molar-refractivity contribution in [2.45, 2.75) is 17.7 Å². The Morgan fingerprint density at radius 2 is 1.96 bits per heavy atom. The summed E-state index contributed by atoms with van der Waals surface area (Å²) in [7, 11) is -2.51. The molecule has 0 bridgehead atoms. The highest BCUT2D eigenvalue weighted by atomic mass is 32.2. The Bertz CT molecular complexity index is 907. The molecule has 0 fully saturated rings. The van der Waals surface area contributed by atoms with Crippen LogP contribution in [0.5, 0.6) is 5.75 Å². The Hall–Kier alpha value is -2.54. The second kappa shape index (κ2) is 5.83. The van der Waals surface area contributed by atoms with Crippen LogP contribution in [-0.2, 0) is 10.0 Å². The van der Waals surface area contributed by atoms with Gasteiger partial charge in [-0.05, 0) is 29.8 Å². The van der Waals surface area contributed by atoms with Crippen molar-refractivity contribution in [1.29, 1.82) is 0 Å². The molecule has 0 saturated carbocycles. The van der Waals surface area contributed by atoms with Crippen LogP contribution >= 0.6 is 0 Å². The molecule has 6 nitrogen and oxygen atoms in total. The molecule has 0 radical (unpaired) electrons. The molecule has 1 aliphatic heterocycles. The molecule has 0 saturated heterocycles. The van der Waals surface area contributed by atoms with Gasteiger partial charge in [0.05, 0.1) is 17.7 Å². The summed E-state index contributed by atoms with van der Waals surface area (Å²) in [6.45, 7) is 2.29. The summed E-state index contributed by atoms with van der Waals surface area (Å²) in [5.74, 6) is -1.04. The second-order valence-corrected chi connectivity index (χ2v) is 7.53. The van der Waals surface area contributed by atoms with Crippen LogP contribution in [0.3, 0.4) is 0 Å². The molecule has 1 heterocycles. The van der Waals surface area contributed by atoms with E-state index >= 15 is 0 Å². The maximum atomic E-state index is 13.0. The normalized spacial score (nSPS) is 16.8. The summed E-state index contributed by atoms with van der Waals surface area (Å²) in [4.78, 5) is 11.3. The maximum Gasteiger partial charge on any atom is 0.339 e. The van der Waals surface area contributed by atoms with Gasteiger partial charge in [-0.3, -0.25) is 4.31 Å². The first-order chi connectivity index (χ1) is 11.4. The van der Waals surface area contributed by atoms with Gasteiger partial charge in [0.25, 0.3) is 10.0 Å². The van der Waals surface area contributed by atoms with Gasteiger partial charge >= 0.3 is 5.97 Å². The number of carbonyl (C=O) groups is 1. The zero-order chi connectivity index (χ0) is 17.5. The van der Waals surface area contributed by atoms with E-state index in [1.807, 2.05) is 19.1 Å². The smallest absolute Gasteiger partial charge is 0.339 e. The molecular formula is C17H17NO5S. The molecule has 7 heteroatoms. The van der Waals surface area contributed by atoms with Crippen molar-refractivity contribution in [3.63, 3.8) is 0 Å². The standard InChI is InChI=1S/C17H17NO5S/c1-11-10-18(15-6-4-3-5-13(11)15)24(21,22)12-7-8-16(23-2)14(9-12)17(19)20/h3-9,11H,10H2,1-2H3,(H,19,20)/t11-/m1/s1. The van der Waals surface area contributed by atoms with Gasteiger partial charge in [0, 0.05) is 12.5 Å². The van der Waals surface area contributed by atoms with E-state index in [9.17, 15) is 18.3 Å². The molecule has 0 unspecified atom stereocenters. The van der Waals surface area contributed by atoms with Gasteiger partial charge in [0.15, 0.2) is 0 Å². The summed E-state index contributed by atoms with van der Waals surface area (Å²) in [5.41, 5.74) is 1.42. The monoisotopic (exact) mass is 347 g/mol. The maximum absolute atomic E-state index is 13.0. The molecule has 1 atom stereocenters. The average Bonchev–Trinajstić information content (AvgIpc) is 2.92. The van der Waals surface area contributed by atoms with E-state index in [-0.39, 0.29) is 22.1 Å². The van der Waals surface area contributed by atoms with Crippen molar-refractivity contribution in [3.8, 4) is 5.75 Å². The number of sulfonamides is 1. The van der Waals surface area contributed by atoms with Gasteiger partial charge < -0.3 is 9.84 Å². The third-order valence-corrected chi connectivity index (χ3v) is 5.94. The van der Waals surface area contributed by atoms with E-state index in [0.717, 1.165) is 11.6 Å². The first kappa shape index (κ1) is 16.3. The van der Waals surface area contributed by atoms with Crippen LogP contribution in [0.2, 0.25) is 0 Å². The van der Waals surface area contributed by atoms with Crippen molar-refractivity contribution < 1.29 is 23.1 Å². The summed E-state index contributed by atoms with van der Waals surface area (Å²) in [5, 5.41) is 9.26. The predicted molar refractivity (Wildman–Crippen MR) is 89.3 cm³/mol. The number of benzene rings is 2. The van der Waals surface area contributed by atoms with Crippen molar-refractivity contribution in [3.05, 3.63) is 53.6 Å². The molecule has 0 aliphatic carbocycles. The molecule has 3 rings (SSSR count). The molecule has 126 valence electrons. The lowest BCUT2D eigenvalue weighted by atomic mass is 10.0. The highest BCUT2D eigenvalue weighted by molar-refractivity contribution is 7.92. The molecule has 24 heavy (non-hydrogen) atoms. The van der Waals surface area contributed by atoms with Gasteiger partial charge in [0.1, 0.15) is 11.3 Å². The molecule has 2 aromatic rings. The number of fused-ring (bicyclic) bond motifs is 1. The molecule has 1 aliphatic rings. The highest BCUT2D eigenvalue weighted by Crippen LogP contribution is 2.39. The fraction of sp³-hybridized carbons (Fsp3) is 0.235. The van der Waals surface area contributed by atoms with Crippen LogP contribution in [0.1, 0.15) is 28.8 Å². The Labute approximate surface area is 140 Å². The average molecular weight is 347 g/mol. The first-order valence-corrected chi connectivity index (χ1v) is 8.83. The number of carboxylic acid groups (broad SMARTS) is 1. The quantitative estimate of drug-likeness (QED) is 0.919. The number of anilines is 1. The minimum Gasteiger partial charge on any atom is -0.496 e. The van der Waals surface area contributed by atoms with Gasteiger partial charge in [0.2, 0.25) is 0 Å². The lowest BCUT2D eigenvalue weighted by molar-refractivity contribution is 0.0693. The summed E-state index contributed by atoms with van der Waals surface area (Å²) in [6, 6.07) is 11.2. The molecule has 1 N–H and O–H groups in total. The number of nitrogens with zero attached hydrogens (tertiary/aromatic N) is 1. The van der Waals surface area contributed by atoms with Crippen LogP contribution in [0.25, 0.3) is 0 Å². The number of rotatable bonds is 4. The topological polar surface area (TPSA) is 83.9 Å². The molecular weight excluding hydrogens is 330 g/mol. The fourth-order valence-corrected chi connectivity index (χ4v) is 4.55. The van der Waals surface area contributed by atoms with E-state index in [1.54, 1.807) is 12.1 Å². The third-order valence-electron chi connectivity index (χ3n) is 4.17. The third kappa shape index (κ3) is 2.50. The number of hydrogen-bond acceptors (Lipinski definition) is 4. The Balaban J connectivity index is 2.10. The van der Waals surface area contributed by atoms with Crippen molar-refractivity contribution >= 4 is 21.7 Å². The molecule has 0 amide bonds. The van der Waals surface area contributed by atoms with E-state index in [2.05, 4.69) is 0 Å². The Kier molecular flexibility index (Phi) is 3.96. The van der Waals surface area contributed by atoms with Crippen LogP contribution in [-0.4, -0.2) is 33.1 Å². The second-order valence-electron chi connectivity index (χ2n) is 5.66. The number of hydrogen-bond donors (Lipinski definition) is 1. The van der Waals surface area contributed by atoms with Crippen LogP contribution < -0.4 is 9.04 Å². The largest absolute Gasteiger partial charge is 0.496 e. The first-order valence-electron chi connectivity index (χ1n) is 7.39. The number of ether oxygens (including phenoxy) is 1. The zero-order valence-electron chi connectivity index (χ0n) is 13.3. The van der Waals surface area contributed by atoms with Crippen molar-refractivity contribution in [2.75, 3.05) is 18.0 Å². The fourth-order valence-electron chi connectivity index (χ4n) is 2.95. The SMILES string of the molecule is COc1ccc(S(=O)(=O)N2C[C@@H](C)c3ccccc32)cc1C(=O)O. The van der Waals surface area contributed by atoms with E-state index in [1.165, 1.54) is 23.5 Å². The number of para-hydroxylation sites is 1. The lowest BCUT2D eigenvalue weighted by Gasteiger charge is -2.20. The zero-order valence-corrected chi connectivity index (χ0v) is 14.1. The number of aromatic carboxylic acids is 1. The van der Waals surface area contributed by atoms with Crippen molar-refractivity contribution in [1.82, 2.24) is 0 Å². The molecule has 2 aromatic carbocycles. The number of carboxylic acids is 1. The van der Waals surface area contributed by atoms with Crippen LogP contribution in [0, 0.1) is 0 Å². The van der Waals surface area contributed by atoms with Gasteiger partial charge in [-0.1, -0.05) is 25.1 Å². The Morgan fingerprint density at radius 3 is 2.62 bits per heavy atom. The summed E-state index contributed by atoms with van der Waals surface area (Å²) < 4.78 is 32.3. The van der Waals surface area contributed by atoms with E-state index in [0.29, 0.717) is 12.2 Å². The van der Waals surface area contributed by atoms with Crippen LogP contribution in [0.4, 0.5) is 5.69 Å². The van der Waals surface area contributed by atoms with Gasteiger partial charge in [-0.15, -0.1) is 0 Å². The predicted octanol–water partition coefficient (Wildman–Crippen LogP) is 2.71. The minimum absolute atomic E-state index is 0.0652. The Morgan fingerprint density at radius 1 is 1.25 bits per heavy atom. The van der Waals surface area contributed by atoms with E-state index < -0.39 is 16.0 Å². The van der Waals surface area contributed by atoms with Crippen molar-refractivity contribution in [2.24, 2.45) is 0 Å². The van der Waals surface area contributed by atoms with Gasteiger partial charge in [-0.25, -0.2) is 13.2 Å².